The van der Waals surface area contributed by atoms with Gasteiger partial charge in [0.2, 0.25) is 0 Å². The SMILES string of the molecule is c1cc(-c2ccc3ccc4ccccc4c3c2)cc(N(c2ccc(-c3ccc4ccc5ccccc5c4c3)cc2)c2cccc3c2oc2ccccc23)c1. The van der Waals surface area contributed by atoms with Crippen molar-refractivity contribution in [1.82, 2.24) is 0 Å². The summed E-state index contributed by atoms with van der Waals surface area (Å²) < 4.78 is 6.64. The Kier molecular flexibility index (Phi) is 6.90. The molecule has 2 heteroatoms. The number of nitrogens with zero attached hydrogens (tertiary/aromatic N) is 1. The van der Waals surface area contributed by atoms with Gasteiger partial charge in [0.05, 0.1) is 5.69 Å². The van der Waals surface area contributed by atoms with E-state index in [-0.39, 0.29) is 0 Å². The van der Waals surface area contributed by atoms with Gasteiger partial charge < -0.3 is 9.32 Å². The molecule has 0 amide bonds. The number of hydrogen-bond acceptors (Lipinski definition) is 2. The minimum atomic E-state index is 0.867. The summed E-state index contributed by atoms with van der Waals surface area (Å²) in [6, 6.07) is 72.3. The number of hydrogen-bond donors (Lipinski definition) is 0. The Morgan fingerprint density at radius 1 is 0.296 bits per heavy atom. The van der Waals surface area contributed by atoms with Crippen LogP contribution >= 0.6 is 0 Å². The largest absolute Gasteiger partial charge is 0.454 e. The number of fused-ring (bicyclic) bond motifs is 9. The molecule has 0 N–H and O–H groups in total. The molecule has 0 spiro atoms. The lowest BCUT2D eigenvalue weighted by Crippen LogP contribution is -2.10. The smallest absolute Gasteiger partial charge is 0.159 e. The topological polar surface area (TPSA) is 16.4 Å². The van der Waals surface area contributed by atoms with Crippen molar-refractivity contribution in [2.24, 2.45) is 0 Å². The van der Waals surface area contributed by atoms with Crippen LogP contribution in [0.1, 0.15) is 0 Å². The summed E-state index contributed by atoms with van der Waals surface area (Å²) in [6.07, 6.45) is 0. The van der Waals surface area contributed by atoms with Gasteiger partial charge in [0, 0.05) is 22.1 Å². The molecule has 0 saturated carbocycles. The Labute approximate surface area is 312 Å². The van der Waals surface area contributed by atoms with E-state index in [0.29, 0.717) is 0 Å². The van der Waals surface area contributed by atoms with E-state index < -0.39 is 0 Å². The predicted octanol–water partition coefficient (Wildman–Crippen LogP) is 15.0. The molecule has 0 aliphatic heterocycles. The van der Waals surface area contributed by atoms with Crippen molar-refractivity contribution in [3.8, 4) is 22.3 Å². The van der Waals surface area contributed by atoms with Crippen LogP contribution in [-0.4, -0.2) is 0 Å². The van der Waals surface area contributed by atoms with Crippen molar-refractivity contribution >= 4 is 82.1 Å². The van der Waals surface area contributed by atoms with Crippen molar-refractivity contribution in [1.29, 1.82) is 0 Å². The number of anilines is 3. The first-order chi connectivity index (χ1) is 26.7. The zero-order chi connectivity index (χ0) is 35.6. The van der Waals surface area contributed by atoms with E-state index in [0.717, 1.165) is 44.6 Å². The Bertz CT molecular complexity index is 3230. The maximum absolute atomic E-state index is 6.64. The van der Waals surface area contributed by atoms with Crippen LogP contribution in [0.4, 0.5) is 17.1 Å². The lowest BCUT2D eigenvalue weighted by Gasteiger charge is -2.26. The van der Waals surface area contributed by atoms with Crippen molar-refractivity contribution in [2.45, 2.75) is 0 Å². The fourth-order valence-corrected chi connectivity index (χ4v) is 8.33. The van der Waals surface area contributed by atoms with Gasteiger partial charge in [-0.2, -0.15) is 0 Å². The lowest BCUT2D eigenvalue weighted by molar-refractivity contribution is 0.669. The van der Waals surface area contributed by atoms with Crippen molar-refractivity contribution in [3.63, 3.8) is 0 Å². The Balaban J connectivity index is 1.06. The molecule has 0 unspecified atom stereocenters. The number of benzene rings is 10. The third kappa shape index (κ3) is 4.96. The highest BCUT2D eigenvalue weighted by atomic mass is 16.3. The van der Waals surface area contributed by atoms with Gasteiger partial charge in [-0.3, -0.25) is 0 Å². The number of furan rings is 1. The zero-order valence-electron chi connectivity index (χ0n) is 29.4. The van der Waals surface area contributed by atoms with Gasteiger partial charge >= 0.3 is 0 Å². The predicted molar refractivity (Wildman–Crippen MR) is 229 cm³/mol. The molecule has 0 saturated heterocycles. The second-order valence-electron chi connectivity index (χ2n) is 14.1. The molecule has 10 aromatic carbocycles. The van der Waals surface area contributed by atoms with Crippen LogP contribution < -0.4 is 4.90 Å². The van der Waals surface area contributed by atoms with E-state index in [1.54, 1.807) is 0 Å². The number of rotatable bonds is 5. The minimum Gasteiger partial charge on any atom is -0.454 e. The van der Waals surface area contributed by atoms with Crippen LogP contribution in [0.15, 0.2) is 205 Å². The Morgan fingerprint density at radius 3 is 1.48 bits per heavy atom. The molecule has 0 aliphatic carbocycles. The average Bonchev–Trinajstić information content (AvgIpc) is 3.63. The lowest BCUT2D eigenvalue weighted by atomic mass is 9.96. The highest BCUT2D eigenvalue weighted by Crippen LogP contribution is 2.44. The fraction of sp³-hybridized carbons (Fsp3) is 0. The van der Waals surface area contributed by atoms with E-state index in [9.17, 15) is 0 Å². The maximum atomic E-state index is 6.64. The summed E-state index contributed by atoms with van der Waals surface area (Å²) in [5.41, 5.74) is 9.57. The summed E-state index contributed by atoms with van der Waals surface area (Å²) in [5, 5.41) is 12.3. The van der Waals surface area contributed by atoms with E-state index >= 15 is 0 Å². The molecular weight excluding hydrogens is 655 g/mol. The molecule has 0 atom stereocenters. The first-order valence-electron chi connectivity index (χ1n) is 18.5. The van der Waals surface area contributed by atoms with Gasteiger partial charge in [-0.15, -0.1) is 0 Å². The third-order valence-electron chi connectivity index (χ3n) is 11.0. The Morgan fingerprint density at radius 2 is 0.796 bits per heavy atom. The minimum absolute atomic E-state index is 0.867. The van der Waals surface area contributed by atoms with E-state index in [1.165, 1.54) is 59.8 Å². The maximum Gasteiger partial charge on any atom is 0.159 e. The van der Waals surface area contributed by atoms with E-state index in [4.69, 9.17) is 4.42 Å². The van der Waals surface area contributed by atoms with Gasteiger partial charge in [-0.1, -0.05) is 152 Å². The second kappa shape index (κ2) is 12.2. The zero-order valence-corrected chi connectivity index (χ0v) is 29.4. The molecule has 11 rings (SSSR count). The molecule has 11 aromatic rings. The quantitative estimate of drug-likeness (QED) is 0.168. The monoisotopic (exact) mass is 687 g/mol. The van der Waals surface area contributed by atoms with Crippen LogP contribution in [0, 0.1) is 0 Å². The highest BCUT2D eigenvalue weighted by Gasteiger charge is 2.20. The number of para-hydroxylation sites is 2. The van der Waals surface area contributed by atoms with Crippen LogP contribution in [-0.2, 0) is 0 Å². The molecule has 0 aliphatic rings. The molecule has 1 heterocycles. The molecule has 2 nitrogen and oxygen atoms in total. The van der Waals surface area contributed by atoms with Crippen LogP contribution in [0.5, 0.6) is 0 Å². The Hall–Kier alpha value is -7.16. The molecule has 54 heavy (non-hydrogen) atoms. The summed E-state index contributed by atoms with van der Waals surface area (Å²) in [7, 11) is 0. The summed E-state index contributed by atoms with van der Waals surface area (Å²) in [5.74, 6) is 0. The average molecular weight is 688 g/mol. The van der Waals surface area contributed by atoms with Gasteiger partial charge in [-0.25, -0.2) is 0 Å². The van der Waals surface area contributed by atoms with Gasteiger partial charge in [0.1, 0.15) is 5.58 Å². The summed E-state index contributed by atoms with van der Waals surface area (Å²) >= 11 is 0. The van der Waals surface area contributed by atoms with Gasteiger partial charge in [-0.05, 0) is 114 Å². The first kappa shape index (κ1) is 30.5. The first-order valence-corrected chi connectivity index (χ1v) is 18.5. The van der Waals surface area contributed by atoms with Crippen molar-refractivity contribution in [2.75, 3.05) is 4.90 Å². The van der Waals surface area contributed by atoms with Crippen LogP contribution in [0.3, 0.4) is 0 Å². The van der Waals surface area contributed by atoms with Crippen LogP contribution in [0.25, 0.3) is 87.3 Å². The summed E-state index contributed by atoms with van der Waals surface area (Å²) in [6.45, 7) is 0. The molecule has 1 aromatic heterocycles. The standard InChI is InChI=1S/C52H33NO/c1-3-13-44-35(9-1)19-21-37-23-25-40(32-48(37)44)34-27-29-42(30-28-34)53(50-17-8-16-47-46-15-5-6-18-51(46)54-52(47)50)43-12-7-11-39(31-43)41-26-24-38-22-20-36-10-2-4-14-45(36)49(38)33-41/h1-33H. The second-order valence-corrected chi connectivity index (χ2v) is 14.1. The third-order valence-corrected chi connectivity index (χ3v) is 11.0. The van der Waals surface area contributed by atoms with Crippen LogP contribution in [0.2, 0.25) is 0 Å². The summed E-state index contributed by atoms with van der Waals surface area (Å²) in [4.78, 5) is 2.34. The molecule has 252 valence electrons. The molecule has 0 fully saturated rings. The molecule has 0 bridgehead atoms. The normalized spacial score (nSPS) is 11.7. The fourth-order valence-electron chi connectivity index (χ4n) is 8.33. The van der Waals surface area contributed by atoms with Crippen molar-refractivity contribution in [3.05, 3.63) is 200 Å². The van der Waals surface area contributed by atoms with Gasteiger partial charge in [0.15, 0.2) is 5.58 Å². The van der Waals surface area contributed by atoms with Crippen molar-refractivity contribution < 1.29 is 4.42 Å². The molecule has 0 radical (unpaired) electrons. The highest BCUT2D eigenvalue weighted by molar-refractivity contribution is 6.12. The van der Waals surface area contributed by atoms with Gasteiger partial charge in [0.25, 0.3) is 0 Å². The molecular formula is C52H33NO. The van der Waals surface area contributed by atoms with E-state index in [2.05, 4.69) is 199 Å². The van der Waals surface area contributed by atoms with E-state index in [1.807, 2.05) is 6.07 Å².